The van der Waals surface area contributed by atoms with Crippen LogP contribution in [0.25, 0.3) is 0 Å². The second kappa shape index (κ2) is 5.42. The van der Waals surface area contributed by atoms with Gasteiger partial charge in [0.15, 0.2) is 5.15 Å². The number of anilines is 1. The van der Waals surface area contributed by atoms with Crippen LogP contribution < -0.4 is 5.32 Å². The fourth-order valence-corrected chi connectivity index (χ4v) is 2.08. The summed E-state index contributed by atoms with van der Waals surface area (Å²) in [5.74, 6) is -0.718. The summed E-state index contributed by atoms with van der Waals surface area (Å²) in [6.45, 7) is 1.74. The van der Waals surface area contributed by atoms with Gasteiger partial charge < -0.3 is 10.4 Å². The van der Waals surface area contributed by atoms with Crippen LogP contribution in [0.5, 0.6) is 5.75 Å². The molecule has 2 N–H and O–H groups in total. The molecular formula is C12H9Cl2N3O2. The molecule has 19 heavy (non-hydrogen) atoms. The SMILES string of the molecule is Cc1cc(Cl)nc(Cl)c1NC(=O)c1ccncc1O. The van der Waals surface area contributed by atoms with E-state index in [9.17, 15) is 9.90 Å². The molecule has 2 aromatic heterocycles. The van der Waals surface area contributed by atoms with Gasteiger partial charge in [-0.25, -0.2) is 4.98 Å². The number of halogens is 2. The second-order valence-corrected chi connectivity index (χ2v) is 4.52. The van der Waals surface area contributed by atoms with E-state index in [4.69, 9.17) is 23.2 Å². The van der Waals surface area contributed by atoms with Gasteiger partial charge in [-0.15, -0.1) is 0 Å². The van der Waals surface area contributed by atoms with E-state index < -0.39 is 5.91 Å². The molecule has 0 unspecified atom stereocenters. The van der Waals surface area contributed by atoms with Crippen molar-refractivity contribution in [2.24, 2.45) is 0 Å². The second-order valence-electron chi connectivity index (χ2n) is 3.77. The van der Waals surface area contributed by atoms with E-state index in [-0.39, 0.29) is 21.6 Å². The Kier molecular flexibility index (Phi) is 3.87. The van der Waals surface area contributed by atoms with E-state index in [1.54, 1.807) is 13.0 Å². The van der Waals surface area contributed by atoms with Gasteiger partial charge in [-0.3, -0.25) is 9.78 Å². The Balaban J connectivity index is 2.32. The highest BCUT2D eigenvalue weighted by Gasteiger charge is 2.15. The van der Waals surface area contributed by atoms with Crippen LogP contribution in [-0.4, -0.2) is 21.0 Å². The fourth-order valence-electron chi connectivity index (χ4n) is 1.50. The molecule has 0 spiro atoms. The van der Waals surface area contributed by atoms with Crippen molar-refractivity contribution in [2.45, 2.75) is 6.92 Å². The summed E-state index contributed by atoms with van der Waals surface area (Å²) in [5, 5.41) is 12.5. The molecule has 2 aromatic rings. The van der Waals surface area contributed by atoms with Crippen LogP contribution in [0.2, 0.25) is 10.3 Å². The van der Waals surface area contributed by atoms with Crippen LogP contribution in [-0.2, 0) is 0 Å². The monoisotopic (exact) mass is 297 g/mol. The Morgan fingerprint density at radius 2 is 2.16 bits per heavy atom. The number of hydrogen-bond donors (Lipinski definition) is 2. The first-order valence-electron chi connectivity index (χ1n) is 5.26. The Morgan fingerprint density at radius 3 is 2.79 bits per heavy atom. The first-order chi connectivity index (χ1) is 8.99. The number of aromatic nitrogens is 2. The van der Waals surface area contributed by atoms with Crippen LogP contribution in [0.4, 0.5) is 5.69 Å². The lowest BCUT2D eigenvalue weighted by Crippen LogP contribution is -2.14. The summed E-state index contributed by atoms with van der Waals surface area (Å²) in [7, 11) is 0. The first-order valence-corrected chi connectivity index (χ1v) is 6.01. The molecule has 2 rings (SSSR count). The van der Waals surface area contributed by atoms with Crippen molar-refractivity contribution in [3.63, 3.8) is 0 Å². The van der Waals surface area contributed by atoms with Crippen LogP contribution >= 0.6 is 23.2 Å². The summed E-state index contributed by atoms with van der Waals surface area (Å²) in [6.07, 6.45) is 2.59. The van der Waals surface area contributed by atoms with Crippen molar-refractivity contribution < 1.29 is 9.90 Å². The van der Waals surface area contributed by atoms with Gasteiger partial charge in [0.25, 0.3) is 5.91 Å². The molecule has 7 heteroatoms. The molecule has 0 radical (unpaired) electrons. The summed E-state index contributed by atoms with van der Waals surface area (Å²) in [6, 6.07) is 2.98. The zero-order chi connectivity index (χ0) is 14.0. The lowest BCUT2D eigenvalue weighted by atomic mass is 10.2. The zero-order valence-corrected chi connectivity index (χ0v) is 11.3. The van der Waals surface area contributed by atoms with Crippen molar-refractivity contribution in [3.05, 3.63) is 46.0 Å². The maximum atomic E-state index is 12.0. The molecule has 1 amide bonds. The van der Waals surface area contributed by atoms with Crippen LogP contribution in [0.15, 0.2) is 24.5 Å². The fraction of sp³-hybridized carbons (Fsp3) is 0.0833. The average molecular weight is 298 g/mol. The molecule has 0 atom stereocenters. The predicted octanol–water partition coefficient (Wildman–Crippen LogP) is 3.05. The molecule has 0 aliphatic carbocycles. The highest BCUT2D eigenvalue weighted by atomic mass is 35.5. The number of aromatic hydroxyl groups is 1. The molecule has 5 nitrogen and oxygen atoms in total. The molecule has 0 aromatic carbocycles. The predicted molar refractivity (Wildman–Crippen MR) is 72.8 cm³/mol. The van der Waals surface area contributed by atoms with Gasteiger partial charge in [-0.2, -0.15) is 0 Å². The van der Waals surface area contributed by atoms with Crippen molar-refractivity contribution in [2.75, 3.05) is 5.32 Å². The van der Waals surface area contributed by atoms with Crippen LogP contribution in [0, 0.1) is 6.92 Å². The highest BCUT2D eigenvalue weighted by Crippen LogP contribution is 2.27. The molecule has 0 saturated heterocycles. The lowest BCUT2D eigenvalue weighted by Gasteiger charge is -2.10. The van der Waals surface area contributed by atoms with Crippen molar-refractivity contribution in [3.8, 4) is 5.75 Å². The normalized spacial score (nSPS) is 10.3. The maximum Gasteiger partial charge on any atom is 0.259 e. The summed E-state index contributed by atoms with van der Waals surface area (Å²) < 4.78 is 0. The van der Waals surface area contributed by atoms with Gasteiger partial charge in [0.05, 0.1) is 17.4 Å². The molecule has 0 aliphatic rings. The van der Waals surface area contributed by atoms with Gasteiger partial charge in [0, 0.05) is 6.20 Å². The van der Waals surface area contributed by atoms with E-state index in [0.717, 1.165) is 0 Å². The molecule has 2 heterocycles. The largest absolute Gasteiger partial charge is 0.505 e. The Bertz CT molecular complexity index is 624. The minimum atomic E-state index is -0.506. The van der Waals surface area contributed by atoms with E-state index >= 15 is 0 Å². The lowest BCUT2D eigenvalue weighted by molar-refractivity contribution is 0.102. The summed E-state index contributed by atoms with van der Waals surface area (Å²) >= 11 is 11.7. The molecular weight excluding hydrogens is 289 g/mol. The van der Waals surface area contributed by atoms with Gasteiger partial charge in [0.2, 0.25) is 0 Å². The number of pyridine rings is 2. The number of amides is 1. The number of aryl methyl sites for hydroxylation is 1. The minimum Gasteiger partial charge on any atom is -0.505 e. The third-order valence-corrected chi connectivity index (χ3v) is 2.89. The van der Waals surface area contributed by atoms with Crippen LogP contribution in [0.1, 0.15) is 15.9 Å². The molecule has 98 valence electrons. The van der Waals surface area contributed by atoms with Crippen molar-refractivity contribution >= 4 is 34.8 Å². The third kappa shape index (κ3) is 2.94. The number of nitrogens with zero attached hydrogens (tertiary/aromatic N) is 2. The third-order valence-electron chi connectivity index (χ3n) is 2.42. The number of rotatable bonds is 2. The standard InChI is InChI=1S/C12H9Cl2N3O2/c1-6-4-9(13)16-11(14)10(6)17-12(19)7-2-3-15-5-8(7)18/h2-5,18H,1H3,(H,17,19). The smallest absolute Gasteiger partial charge is 0.259 e. The molecule has 0 bridgehead atoms. The van der Waals surface area contributed by atoms with Crippen molar-refractivity contribution in [1.29, 1.82) is 0 Å². The quantitative estimate of drug-likeness (QED) is 0.836. The van der Waals surface area contributed by atoms with Gasteiger partial charge >= 0.3 is 0 Å². The van der Waals surface area contributed by atoms with Gasteiger partial charge in [-0.1, -0.05) is 23.2 Å². The Hall–Kier alpha value is -1.85. The number of nitrogens with one attached hydrogen (secondary N) is 1. The Morgan fingerprint density at radius 1 is 1.42 bits per heavy atom. The maximum absolute atomic E-state index is 12.0. The number of carbonyl (C=O) groups is 1. The zero-order valence-electron chi connectivity index (χ0n) is 9.82. The van der Waals surface area contributed by atoms with Gasteiger partial charge in [0.1, 0.15) is 10.9 Å². The topological polar surface area (TPSA) is 75.1 Å². The van der Waals surface area contributed by atoms with Gasteiger partial charge in [-0.05, 0) is 24.6 Å². The summed E-state index contributed by atoms with van der Waals surface area (Å²) in [5.41, 5.74) is 1.12. The highest BCUT2D eigenvalue weighted by molar-refractivity contribution is 6.35. The molecule has 0 aliphatic heterocycles. The molecule has 0 saturated carbocycles. The average Bonchev–Trinajstić information content (AvgIpc) is 2.34. The Labute approximate surface area is 119 Å². The van der Waals surface area contributed by atoms with Crippen LogP contribution in [0.3, 0.4) is 0 Å². The number of carbonyl (C=O) groups excluding carboxylic acids is 1. The summed E-state index contributed by atoms with van der Waals surface area (Å²) in [4.78, 5) is 19.5. The van der Waals surface area contributed by atoms with Crippen molar-refractivity contribution in [1.82, 2.24) is 9.97 Å². The van der Waals surface area contributed by atoms with E-state index in [2.05, 4.69) is 15.3 Å². The number of hydrogen-bond acceptors (Lipinski definition) is 4. The first kappa shape index (κ1) is 13.6. The van der Waals surface area contributed by atoms with E-state index in [1.807, 2.05) is 0 Å². The van der Waals surface area contributed by atoms with E-state index in [0.29, 0.717) is 11.3 Å². The van der Waals surface area contributed by atoms with E-state index in [1.165, 1.54) is 18.5 Å². The molecule has 0 fully saturated rings. The minimum absolute atomic E-state index is 0.0897.